The molecule has 0 aliphatic rings. The number of fused-ring (bicyclic) bond motifs is 1. The minimum atomic E-state index is -0.278. The molecule has 0 saturated carbocycles. The van der Waals surface area contributed by atoms with Crippen LogP contribution in [0.15, 0.2) is 70.1 Å². The number of amides is 2. The Morgan fingerprint density at radius 3 is 2.75 bits per heavy atom. The summed E-state index contributed by atoms with van der Waals surface area (Å²) in [5, 5.41) is 9.26. The van der Waals surface area contributed by atoms with Crippen LogP contribution in [0, 0.1) is 0 Å². The monoisotopic (exact) mass is 454 g/mol. The van der Waals surface area contributed by atoms with Crippen molar-refractivity contribution in [3.63, 3.8) is 0 Å². The van der Waals surface area contributed by atoms with Gasteiger partial charge in [-0.15, -0.1) is 0 Å². The van der Waals surface area contributed by atoms with Crippen molar-refractivity contribution in [3.05, 3.63) is 86.9 Å². The number of carbonyl (C=O) groups is 2. The van der Waals surface area contributed by atoms with Crippen molar-refractivity contribution >= 4 is 50.4 Å². The zero-order chi connectivity index (χ0) is 19.5. The molecule has 4 rings (SSSR count). The summed E-state index contributed by atoms with van der Waals surface area (Å²) < 4.78 is 2.84. The number of thiophene rings is 1. The van der Waals surface area contributed by atoms with Crippen LogP contribution in [0.2, 0.25) is 0 Å². The maximum atomic E-state index is 12.7. The first-order valence-corrected chi connectivity index (χ1v) is 10.2. The zero-order valence-corrected chi connectivity index (χ0v) is 17.0. The Balaban J connectivity index is 1.47. The molecule has 0 bridgehead atoms. The van der Waals surface area contributed by atoms with Crippen LogP contribution in [0.1, 0.15) is 26.4 Å². The highest BCUT2D eigenvalue weighted by Gasteiger charge is 2.14. The number of para-hydroxylation sites is 1. The topological polar surface area (TPSA) is 75.5 Å². The van der Waals surface area contributed by atoms with E-state index >= 15 is 0 Å². The Bertz CT molecular complexity index is 1150. The number of benzene rings is 1. The lowest BCUT2D eigenvalue weighted by atomic mass is 10.1. The Morgan fingerprint density at radius 2 is 1.93 bits per heavy atom. The molecule has 2 amide bonds. The van der Waals surface area contributed by atoms with Gasteiger partial charge in [-0.3, -0.25) is 9.59 Å². The van der Waals surface area contributed by atoms with Crippen LogP contribution >= 0.6 is 27.3 Å². The number of anilines is 1. The molecule has 6 nitrogen and oxygen atoms in total. The van der Waals surface area contributed by atoms with E-state index in [1.54, 1.807) is 35.7 Å². The van der Waals surface area contributed by atoms with Crippen LogP contribution in [-0.4, -0.2) is 21.2 Å². The van der Waals surface area contributed by atoms with Crippen LogP contribution in [0.3, 0.4) is 0 Å². The number of halogens is 1. The molecule has 1 aromatic carbocycles. The van der Waals surface area contributed by atoms with Gasteiger partial charge in [-0.2, -0.15) is 11.3 Å². The maximum Gasteiger partial charge on any atom is 0.256 e. The second-order valence-corrected chi connectivity index (χ2v) is 7.74. The fraction of sp³-hybridized carbons (Fsp3) is 0.0500. The summed E-state index contributed by atoms with van der Waals surface area (Å²) in [4.78, 5) is 29.5. The largest absolute Gasteiger partial charge is 0.346 e. The van der Waals surface area contributed by atoms with Gasteiger partial charge < -0.3 is 15.0 Å². The number of pyridine rings is 1. The van der Waals surface area contributed by atoms with E-state index in [0.29, 0.717) is 16.8 Å². The van der Waals surface area contributed by atoms with Crippen LogP contribution in [0.5, 0.6) is 0 Å². The molecule has 0 unspecified atom stereocenters. The van der Waals surface area contributed by atoms with Gasteiger partial charge in [0.1, 0.15) is 5.65 Å². The molecule has 3 aromatic heterocycles. The number of nitrogens with zero attached hydrogens (tertiary/aromatic N) is 2. The van der Waals surface area contributed by atoms with Crippen molar-refractivity contribution in [1.29, 1.82) is 0 Å². The zero-order valence-electron chi connectivity index (χ0n) is 14.6. The molecule has 0 aliphatic carbocycles. The van der Waals surface area contributed by atoms with E-state index < -0.39 is 0 Å². The highest BCUT2D eigenvalue weighted by Crippen LogP contribution is 2.18. The SMILES string of the molecule is O=C(Nc1ccccc1C(=O)NCc1cn2cc(Br)ccc2n1)c1ccsc1. The normalized spacial score (nSPS) is 10.8. The van der Waals surface area contributed by atoms with Crippen molar-refractivity contribution in [2.45, 2.75) is 6.54 Å². The number of hydrogen-bond acceptors (Lipinski definition) is 4. The highest BCUT2D eigenvalue weighted by molar-refractivity contribution is 9.10. The molecule has 3 heterocycles. The van der Waals surface area contributed by atoms with Gasteiger partial charge in [0.15, 0.2) is 0 Å². The molecule has 140 valence electrons. The number of rotatable bonds is 5. The van der Waals surface area contributed by atoms with E-state index in [4.69, 9.17) is 0 Å². The second-order valence-electron chi connectivity index (χ2n) is 6.04. The first-order chi connectivity index (χ1) is 13.6. The molecule has 28 heavy (non-hydrogen) atoms. The van der Waals surface area contributed by atoms with Gasteiger partial charge in [-0.25, -0.2) is 4.98 Å². The van der Waals surface area contributed by atoms with Crippen molar-refractivity contribution in [2.75, 3.05) is 5.32 Å². The van der Waals surface area contributed by atoms with Crippen molar-refractivity contribution < 1.29 is 9.59 Å². The molecular weight excluding hydrogens is 440 g/mol. The summed E-state index contributed by atoms with van der Waals surface area (Å²) >= 11 is 4.87. The fourth-order valence-electron chi connectivity index (χ4n) is 2.75. The molecule has 8 heteroatoms. The van der Waals surface area contributed by atoms with Gasteiger partial charge in [0.2, 0.25) is 0 Å². The van der Waals surface area contributed by atoms with E-state index in [-0.39, 0.29) is 18.4 Å². The van der Waals surface area contributed by atoms with E-state index in [1.165, 1.54) is 11.3 Å². The van der Waals surface area contributed by atoms with E-state index in [2.05, 4.69) is 31.5 Å². The quantitative estimate of drug-likeness (QED) is 0.470. The Labute approximate surface area is 173 Å². The molecule has 0 radical (unpaired) electrons. The van der Waals surface area contributed by atoms with Gasteiger partial charge in [0.05, 0.1) is 29.1 Å². The third kappa shape index (κ3) is 3.97. The molecular formula is C20H15BrN4O2S. The van der Waals surface area contributed by atoms with Crippen molar-refractivity contribution in [3.8, 4) is 0 Å². The molecule has 4 aromatic rings. The minimum Gasteiger partial charge on any atom is -0.346 e. The third-order valence-electron chi connectivity index (χ3n) is 4.10. The summed E-state index contributed by atoms with van der Waals surface area (Å²) in [7, 11) is 0. The summed E-state index contributed by atoms with van der Waals surface area (Å²) in [6.45, 7) is 0.283. The predicted octanol–water partition coefficient (Wildman–Crippen LogP) is 4.34. The van der Waals surface area contributed by atoms with Gasteiger partial charge in [0.25, 0.3) is 11.8 Å². The third-order valence-corrected chi connectivity index (χ3v) is 5.25. The first-order valence-electron chi connectivity index (χ1n) is 8.44. The second kappa shape index (κ2) is 7.95. The van der Waals surface area contributed by atoms with Gasteiger partial charge >= 0.3 is 0 Å². The number of hydrogen-bond donors (Lipinski definition) is 2. The molecule has 0 fully saturated rings. The van der Waals surface area contributed by atoms with Crippen molar-refractivity contribution in [1.82, 2.24) is 14.7 Å². The summed E-state index contributed by atoms with van der Waals surface area (Å²) in [6.07, 6.45) is 3.77. The number of carbonyl (C=O) groups excluding carboxylic acids is 2. The first kappa shape index (κ1) is 18.4. The number of imidazole rings is 1. The predicted molar refractivity (Wildman–Crippen MR) is 113 cm³/mol. The Hall–Kier alpha value is -2.97. The van der Waals surface area contributed by atoms with Crippen LogP contribution < -0.4 is 10.6 Å². The van der Waals surface area contributed by atoms with Crippen LogP contribution in [0.4, 0.5) is 5.69 Å². The van der Waals surface area contributed by atoms with Crippen LogP contribution in [0.25, 0.3) is 5.65 Å². The molecule has 2 N–H and O–H groups in total. The lowest BCUT2D eigenvalue weighted by Crippen LogP contribution is -2.25. The summed E-state index contributed by atoms with van der Waals surface area (Å²) in [5.74, 6) is -0.521. The summed E-state index contributed by atoms with van der Waals surface area (Å²) in [6, 6.07) is 12.5. The molecule has 0 aliphatic heterocycles. The molecule has 0 saturated heterocycles. The Kier molecular flexibility index (Phi) is 5.23. The minimum absolute atomic E-state index is 0.243. The van der Waals surface area contributed by atoms with E-state index in [1.807, 2.05) is 34.3 Å². The van der Waals surface area contributed by atoms with E-state index in [9.17, 15) is 9.59 Å². The number of aromatic nitrogens is 2. The lowest BCUT2D eigenvalue weighted by molar-refractivity contribution is 0.0951. The maximum absolute atomic E-state index is 12.7. The molecule has 0 atom stereocenters. The summed E-state index contributed by atoms with van der Waals surface area (Å²) in [5.41, 5.74) is 2.98. The fourth-order valence-corrected chi connectivity index (χ4v) is 3.74. The van der Waals surface area contributed by atoms with Crippen molar-refractivity contribution in [2.24, 2.45) is 0 Å². The van der Waals surface area contributed by atoms with Gasteiger partial charge in [-0.1, -0.05) is 12.1 Å². The standard InChI is InChI=1S/C20H15BrN4O2S/c21-14-5-6-18-23-15(11-25(18)10-14)9-22-20(27)16-3-1-2-4-17(16)24-19(26)13-7-8-28-12-13/h1-8,10-12H,9H2,(H,22,27)(H,24,26). The van der Waals surface area contributed by atoms with Gasteiger partial charge in [-0.05, 0) is 51.6 Å². The number of nitrogens with one attached hydrogen (secondary N) is 2. The smallest absolute Gasteiger partial charge is 0.256 e. The lowest BCUT2D eigenvalue weighted by Gasteiger charge is -2.10. The molecule has 0 spiro atoms. The average molecular weight is 455 g/mol. The average Bonchev–Trinajstić information content (AvgIpc) is 3.36. The van der Waals surface area contributed by atoms with Crippen LogP contribution in [-0.2, 0) is 6.54 Å². The van der Waals surface area contributed by atoms with E-state index in [0.717, 1.165) is 15.8 Å². The Morgan fingerprint density at radius 1 is 1.07 bits per heavy atom. The van der Waals surface area contributed by atoms with Gasteiger partial charge in [0, 0.05) is 22.2 Å². The highest BCUT2D eigenvalue weighted by atomic mass is 79.9.